The van der Waals surface area contributed by atoms with Crippen molar-refractivity contribution in [2.45, 2.75) is 63.3 Å². The molecule has 2 aliphatic heterocycles. The third-order valence-corrected chi connectivity index (χ3v) is 6.15. The van der Waals surface area contributed by atoms with E-state index in [1.165, 1.54) is 12.8 Å². The van der Waals surface area contributed by atoms with Gasteiger partial charge in [-0.25, -0.2) is 4.79 Å². The highest BCUT2D eigenvalue weighted by Crippen LogP contribution is 2.72. The minimum absolute atomic E-state index is 0.0175. The van der Waals surface area contributed by atoms with Crippen LogP contribution in [0.4, 0.5) is 0 Å². The van der Waals surface area contributed by atoms with E-state index in [1.54, 1.807) is 0 Å². The molecule has 2 saturated carbocycles. The Morgan fingerprint density at radius 1 is 1.28 bits per heavy atom. The van der Waals surface area contributed by atoms with Gasteiger partial charge in [-0.3, -0.25) is 0 Å². The van der Waals surface area contributed by atoms with E-state index in [-0.39, 0.29) is 34.6 Å². The lowest BCUT2D eigenvalue weighted by atomic mass is 9.54. The lowest BCUT2D eigenvalue weighted by Gasteiger charge is -2.48. The van der Waals surface area contributed by atoms with Crippen molar-refractivity contribution in [1.82, 2.24) is 0 Å². The fourth-order valence-corrected chi connectivity index (χ4v) is 5.03. The monoisotopic (exact) mass is 248 g/mol. The van der Waals surface area contributed by atoms with E-state index in [0.29, 0.717) is 5.57 Å². The van der Waals surface area contributed by atoms with Crippen LogP contribution in [0.3, 0.4) is 0 Å². The Balaban J connectivity index is 1.74. The normalized spacial score (nSPS) is 57.4. The molecule has 5 atom stereocenters. The highest BCUT2D eigenvalue weighted by Gasteiger charge is 2.78. The molecule has 0 amide bonds. The van der Waals surface area contributed by atoms with Gasteiger partial charge in [0.05, 0.1) is 5.60 Å². The Morgan fingerprint density at radius 2 is 2.06 bits per heavy atom. The number of carbonyl (C=O) groups is 1. The number of carbonyl (C=O) groups excluding carboxylic acids is 1. The van der Waals surface area contributed by atoms with E-state index in [1.807, 2.05) is 0 Å². The van der Waals surface area contributed by atoms with Gasteiger partial charge in [0.2, 0.25) is 0 Å². The molecule has 0 radical (unpaired) electrons. The van der Waals surface area contributed by atoms with E-state index in [2.05, 4.69) is 20.4 Å². The maximum Gasteiger partial charge on any atom is 0.334 e. The molecule has 2 heterocycles. The molecule has 0 bridgehead atoms. The number of fused-ring (bicyclic) bond motifs is 1. The zero-order valence-electron chi connectivity index (χ0n) is 11.1. The number of ether oxygens (including phenoxy) is 2. The van der Waals surface area contributed by atoms with Crippen molar-refractivity contribution in [2.75, 3.05) is 0 Å². The maximum absolute atomic E-state index is 11.7. The standard InChI is InChI=1S/C15H20O3/c1-9-10-7-15-13(2,8-11(10)17-12(9)16)5-4-6-14(15,3)18-15/h10-11H,1,4-8H2,2-3H3/t10-,11+,13-,14+,15-/m0/s1. The van der Waals surface area contributed by atoms with Crippen molar-refractivity contribution in [3.8, 4) is 0 Å². The van der Waals surface area contributed by atoms with E-state index in [9.17, 15) is 4.79 Å². The van der Waals surface area contributed by atoms with E-state index in [0.717, 1.165) is 19.3 Å². The third kappa shape index (κ3) is 1.00. The lowest BCUT2D eigenvalue weighted by molar-refractivity contribution is -0.143. The first-order chi connectivity index (χ1) is 8.41. The van der Waals surface area contributed by atoms with Gasteiger partial charge in [-0.15, -0.1) is 0 Å². The van der Waals surface area contributed by atoms with E-state index < -0.39 is 0 Å². The first kappa shape index (κ1) is 11.0. The zero-order valence-corrected chi connectivity index (χ0v) is 11.1. The van der Waals surface area contributed by atoms with E-state index >= 15 is 0 Å². The van der Waals surface area contributed by atoms with Crippen LogP contribution in [0.2, 0.25) is 0 Å². The average Bonchev–Trinajstić information content (AvgIpc) is 2.82. The summed E-state index contributed by atoms with van der Waals surface area (Å²) in [4.78, 5) is 11.7. The van der Waals surface area contributed by atoms with Gasteiger partial charge >= 0.3 is 5.97 Å². The molecule has 2 aliphatic carbocycles. The van der Waals surface area contributed by atoms with Gasteiger partial charge < -0.3 is 9.47 Å². The zero-order chi connectivity index (χ0) is 12.8. The molecule has 1 spiro atoms. The molecule has 3 nitrogen and oxygen atoms in total. The highest BCUT2D eigenvalue weighted by atomic mass is 16.6. The van der Waals surface area contributed by atoms with Crippen LogP contribution in [0.5, 0.6) is 0 Å². The number of hydrogen-bond donors (Lipinski definition) is 0. The number of epoxide rings is 1. The van der Waals surface area contributed by atoms with Crippen molar-refractivity contribution < 1.29 is 14.3 Å². The highest BCUT2D eigenvalue weighted by molar-refractivity contribution is 5.91. The van der Waals surface area contributed by atoms with Crippen LogP contribution >= 0.6 is 0 Å². The molecule has 0 aromatic rings. The van der Waals surface area contributed by atoms with Crippen molar-refractivity contribution >= 4 is 5.97 Å². The summed E-state index contributed by atoms with van der Waals surface area (Å²) in [5.41, 5.74) is 0.860. The summed E-state index contributed by atoms with van der Waals surface area (Å²) in [6.07, 6.45) is 5.48. The van der Waals surface area contributed by atoms with Crippen molar-refractivity contribution in [3.63, 3.8) is 0 Å². The first-order valence-electron chi connectivity index (χ1n) is 7.01. The second kappa shape index (κ2) is 2.84. The molecule has 18 heavy (non-hydrogen) atoms. The van der Waals surface area contributed by atoms with Gasteiger partial charge in [0, 0.05) is 16.9 Å². The third-order valence-electron chi connectivity index (χ3n) is 6.15. The smallest absolute Gasteiger partial charge is 0.334 e. The Hall–Kier alpha value is -0.830. The number of rotatable bonds is 0. The molecule has 4 rings (SSSR count). The molecule has 4 aliphatic rings. The molecule has 0 aromatic carbocycles. The summed E-state index contributed by atoms with van der Waals surface area (Å²) in [7, 11) is 0. The van der Waals surface area contributed by atoms with Crippen LogP contribution < -0.4 is 0 Å². The topological polar surface area (TPSA) is 38.8 Å². The SMILES string of the molecule is C=C1C(=O)O[C@@H]2C[C@]3(C)CCC[C@@]4(C)O[C@@]34C[C@@H]12. The molecule has 3 heteroatoms. The molecule has 4 fully saturated rings. The van der Waals surface area contributed by atoms with Crippen LogP contribution in [-0.2, 0) is 14.3 Å². The summed E-state index contributed by atoms with van der Waals surface area (Å²) < 4.78 is 11.7. The van der Waals surface area contributed by atoms with Crippen molar-refractivity contribution in [1.29, 1.82) is 0 Å². The van der Waals surface area contributed by atoms with Crippen LogP contribution in [0.1, 0.15) is 46.0 Å². The summed E-state index contributed by atoms with van der Waals surface area (Å²) in [6.45, 7) is 8.49. The van der Waals surface area contributed by atoms with Gasteiger partial charge in [-0.2, -0.15) is 0 Å². The first-order valence-corrected chi connectivity index (χ1v) is 7.01. The molecule has 0 unspecified atom stereocenters. The van der Waals surface area contributed by atoms with Gasteiger partial charge in [0.15, 0.2) is 0 Å². The van der Waals surface area contributed by atoms with Crippen molar-refractivity contribution in [3.05, 3.63) is 12.2 Å². The van der Waals surface area contributed by atoms with Crippen LogP contribution in [0.25, 0.3) is 0 Å². The lowest BCUT2D eigenvalue weighted by Crippen LogP contribution is -2.52. The van der Waals surface area contributed by atoms with Crippen molar-refractivity contribution in [2.24, 2.45) is 11.3 Å². The minimum atomic E-state index is -0.189. The predicted octanol–water partition coefficient (Wildman–Crippen LogP) is 2.60. The summed E-state index contributed by atoms with van der Waals surface area (Å²) >= 11 is 0. The van der Waals surface area contributed by atoms with Crippen LogP contribution in [-0.4, -0.2) is 23.3 Å². The minimum Gasteiger partial charge on any atom is -0.458 e. The molecular weight excluding hydrogens is 228 g/mol. The molecule has 0 N–H and O–H groups in total. The summed E-state index contributed by atoms with van der Waals surface area (Å²) in [5, 5.41) is 0. The summed E-state index contributed by atoms with van der Waals surface area (Å²) in [6, 6.07) is 0. The largest absolute Gasteiger partial charge is 0.458 e. The Labute approximate surface area is 108 Å². The Morgan fingerprint density at radius 3 is 2.83 bits per heavy atom. The average molecular weight is 248 g/mol. The second-order valence-corrected chi connectivity index (χ2v) is 7.06. The maximum atomic E-state index is 11.7. The molecule has 0 aromatic heterocycles. The Bertz CT molecular complexity index is 470. The molecular formula is C15H20O3. The Kier molecular flexibility index (Phi) is 1.74. The summed E-state index contributed by atoms with van der Waals surface area (Å²) in [5.74, 6) is -0.00324. The number of esters is 1. The van der Waals surface area contributed by atoms with Gasteiger partial charge in [-0.05, 0) is 39.0 Å². The fourth-order valence-electron chi connectivity index (χ4n) is 5.03. The fraction of sp³-hybridized carbons (Fsp3) is 0.800. The van der Waals surface area contributed by atoms with E-state index in [4.69, 9.17) is 9.47 Å². The predicted molar refractivity (Wildman–Crippen MR) is 65.9 cm³/mol. The quantitative estimate of drug-likeness (QED) is 0.376. The van der Waals surface area contributed by atoms with Crippen LogP contribution in [0.15, 0.2) is 12.2 Å². The van der Waals surface area contributed by atoms with Gasteiger partial charge in [0.25, 0.3) is 0 Å². The van der Waals surface area contributed by atoms with Gasteiger partial charge in [0.1, 0.15) is 11.7 Å². The molecule has 98 valence electrons. The van der Waals surface area contributed by atoms with Gasteiger partial charge in [-0.1, -0.05) is 13.5 Å². The number of hydrogen-bond acceptors (Lipinski definition) is 3. The second-order valence-electron chi connectivity index (χ2n) is 7.06. The van der Waals surface area contributed by atoms with Crippen LogP contribution in [0, 0.1) is 11.3 Å². The molecule has 2 saturated heterocycles.